The second kappa shape index (κ2) is 12.1. The fourth-order valence-electron chi connectivity index (χ4n) is 6.07. The summed E-state index contributed by atoms with van der Waals surface area (Å²) >= 11 is 0. The molecule has 2 amide bonds. The Morgan fingerprint density at radius 1 is 1.10 bits per heavy atom. The van der Waals surface area contributed by atoms with Crippen molar-refractivity contribution in [2.24, 2.45) is 0 Å². The van der Waals surface area contributed by atoms with Crippen LogP contribution < -0.4 is 15.4 Å². The van der Waals surface area contributed by atoms with Gasteiger partial charge < -0.3 is 25.2 Å². The van der Waals surface area contributed by atoms with Crippen LogP contribution in [0.15, 0.2) is 61.1 Å². The number of carbonyl (C=O) groups excluding carboxylic acids is 2. The molecule has 0 atom stereocenters. The molecule has 1 spiro atoms. The topological polar surface area (TPSA) is 143 Å². The first-order valence-electron chi connectivity index (χ1n) is 15.3. The van der Waals surface area contributed by atoms with E-state index in [1.807, 2.05) is 29.2 Å². The molecule has 5 aromatic rings. The molecule has 1 aliphatic heterocycles. The molecule has 1 aliphatic carbocycles. The quantitative estimate of drug-likeness (QED) is 0.223. The number of nitrogens with one attached hydrogen (secondary N) is 2. The van der Waals surface area contributed by atoms with Gasteiger partial charge >= 0.3 is 0 Å². The second-order valence-corrected chi connectivity index (χ2v) is 12.0. The highest BCUT2D eigenvalue weighted by Gasteiger charge is 2.51. The molecule has 2 N–H and O–H groups in total. The van der Waals surface area contributed by atoms with Crippen LogP contribution >= 0.6 is 0 Å². The minimum Gasteiger partial charge on any atom is -0.492 e. The number of halogens is 2. The molecule has 0 bridgehead atoms. The number of hydrogen-bond acceptors (Lipinski definition) is 10. The summed E-state index contributed by atoms with van der Waals surface area (Å²) in [4.78, 5) is 47.4. The zero-order chi connectivity index (χ0) is 33.6. The maximum atomic E-state index is 13.8. The average Bonchev–Trinajstić information content (AvgIpc) is 3.69. The number of anilines is 3. The number of fused-ring (bicyclic) bond motifs is 3. The number of imidazole rings is 1. The van der Waals surface area contributed by atoms with Crippen molar-refractivity contribution in [1.29, 1.82) is 0 Å². The van der Waals surface area contributed by atoms with Gasteiger partial charge in [-0.15, -0.1) is 5.10 Å². The number of carbonyl (C=O) groups is 2. The van der Waals surface area contributed by atoms with Crippen LogP contribution in [0.2, 0.25) is 0 Å². The van der Waals surface area contributed by atoms with E-state index in [1.54, 1.807) is 44.7 Å². The largest absolute Gasteiger partial charge is 0.492 e. The Kier molecular flexibility index (Phi) is 7.81. The van der Waals surface area contributed by atoms with E-state index in [0.717, 1.165) is 24.0 Å². The van der Waals surface area contributed by atoms with E-state index < -0.39 is 13.0 Å². The summed E-state index contributed by atoms with van der Waals surface area (Å²) in [7, 11) is 4.89. The highest BCUT2D eigenvalue weighted by atomic mass is 19.3. The van der Waals surface area contributed by atoms with Gasteiger partial charge in [0, 0.05) is 55.8 Å². The monoisotopic (exact) mass is 654 g/mol. The highest BCUT2D eigenvalue weighted by molar-refractivity contribution is 5.99. The minimum absolute atomic E-state index is 0.00483. The molecule has 4 aromatic heterocycles. The molecule has 0 unspecified atom stereocenters. The van der Waals surface area contributed by atoms with Crippen LogP contribution in [0.5, 0.6) is 5.75 Å². The van der Waals surface area contributed by atoms with Gasteiger partial charge in [0.1, 0.15) is 11.4 Å². The number of benzene rings is 1. The smallest absolute Gasteiger partial charge is 0.271 e. The Labute approximate surface area is 274 Å². The maximum absolute atomic E-state index is 13.8. The Morgan fingerprint density at radius 3 is 2.69 bits per heavy atom. The second-order valence-electron chi connectivity index (χ2n) is 12.0. The van der Waals surface area contributed by atoms with E-state index in [0.29, 0.717) is 52.8 Å². The number of ether oxygens (including phenoxy) is 1. The average molecular weight is 655 g/mol. The van der Waals surface area contributed by atoms with Crippen molar-refractivity contribution in [3.8, 4) is 17.0 Å². The van der Waals surface area contributed by atoms with Crippen molar-refractivity contribution in [3.05, 3.63) is 83.6 Å². The van der Waals surface area contributed by atoms with Crippen LogP contribution in [0, 0.1) is 0 Å². The molecule has 48 heavy (non-hydrogen) atoms. The number of alkyl halides is 2. The first-order valence-corrected chi connectivity index (χ1v) is 15.3. The van der Waals surface area contributed by atoms with Gasteiger partial charge in [0.15, 0.2) is 17.2 Å². The lowest BCUT2D eigenvalue weighted by Crippen LogP contribution is -2.43. The van der Waals surface area contributed by atoms with Gasteiger partial charge in [0.05, 0.1) is 31.6 Å². The van der Waals surface area contributed by atoms with Crippen molar-refractivity contribution < 1.29 is 23.1 Å². The molecule has 5 heterocycles. The van der Waals surface area contributed by atoms with E-state index in [1.165, 1.54) is 22.7 Å². The summed E-state index contributed by atoms with van der Waals surface area (Å²) in [6.45, 7) is 0.230. The van der Waals surface area contributed by atoms with Gasteiger partial charge in [-0.25, -0.2) is 23.3 Å². The summed E-state index contributed by atoms with van der Waals surface area (Å²) in [5.41, 5.74) is 4.63. The molecule has 2 aliphatic rings. The van der Waals surface area contributed by atoms with Crippen molar-refractivity contribution in [2.75, 3.05) is 44.9 Å². The van der Waals surface area contributed by atoms with Crippen LogP contribution in [0.3, 0.4) is 0 Å². The number of aromatic nitrogens is 6. The molecular formula is C33H32F2N10O3. The van der Waals surface area contributed by atoms with Gasteiger partial charge in [-0.05, 0) is 48.7 Å². The molecule has 1 aromatic carbocycles. The lowest BCUT2D eigenvalue weighted by Gasteiger charge is -2.35. The van der Waals surface area contributed by atoms with Crippen LogP contribution in [-0.4, -0.2) is 91.9 Å². The first kappa shape index (κ1) is 30.9. The van der Waals surface area contributed by atoms with Gasteiger partial charge in [-0.3, -0.25) is 14.6 Å². The number of pyridine rings is 2. The molecule has 0 radical (unpaired) electrons. The van der Waals surface area contributed by atoms with Crippen molar-refractivity contribution in [3.63, 3.8) is 0 Å². The molecule has 7 rings (SSSR count). The van der Waals surface area contributed by atoms with E-state index >= 15 is 0 Å². The molecule has 246 valence electrons. The zero-order valence-electron chi connectivity index (χ0n) is 26.4. The van der Waals surface area contributed by atoms with Crippen molar-refractivity contribution in [1.82, 2.24) is 39.3 Å². The SMILES string of the molecule is COc1c(Nc2nc(NCC(F)F)nn3ccnc23)ccnc1-c1ccc2c(c1)C1(CC1)CN(Cc1cccc(C(=O)N(C)C)n1)C2=O. The predicted octanol–water partition coefficient (Wildman–Crippen LogP) is 4.40. The van der Waals surface area contributed by atoms with E-state index in [2.05, 4.69) is 35.7 Å². The van der Waals surface area contributed by atoms with Gasteiger partial charge in [-0.1, -0.05) is 12.1 Å². The maximum Gasteiger partial charge on any atom is 0.271 e. The summed E-state index contributed by atoms with van der Waals surface area (Å²) in [5, 5.41) is 9.95. The normalized spacial score (nSPS) is 14.7. The molecular weight excluding hydrogens is 622 g/mol. The molecule has 15 heteroatoms. The zero-order valence-corrected chi connectivity index (χ0v) is 26.4. The van der Waals surface area contributed by atoms with Crippen LogP contribution in [0.1, 0.15) is 44.9 Å². The number of rotatable bonds is 10. The molecule has 1 fully saturated rings. The number of nitrogens with zero attached hydrogens (tertiary/aromatic N) is 8. The Bertz CT molecular complexity index is 2050. The van der Waals surface area contributed by atoms with Gasteiger partial charge in [-0.2, -0.15) is 4.98 Å². The third-order valence-electron chi connectivity index (χ3n) is 8.54. The molecule has 1 saturated carbocycles. The summed E-state index contributed by atoms with van der Waals surface area (Å²) < 4.78 is 33.0. The lowest BCUT2D eigenvalue weighted by atomic mass is 9.84. The summed E-state index contributed by atoms with van der Waals surface area (Å²) in [6, 6.07) is 12.7. The summed E-state index contributed by atoms with van der Waals surface area (Å²) in [6.07, 6.45) is 4.04. The van der Waals surface area contributed by atoms with E-state index in [9.17, 15) is 18.4 Å². The highest BCUT2D eigenvalue weighted by Crippen LogP contribution is 2.53. The molecule has 13 nitrogen and oxygen atoms in total. The van der Waals surface area contributed by atoms with Crippen LogP contribution in [0.4, 0.5) is 26.2 Å². The Morgan fingerprint density at radius 2 is 1.94 bits per heavy atom. The first-order chi connectivity index (χ1) is 23.2. The Hall–Kier alpha value is -5.73. The van der Waals surface area contributed by atoms with Crippen molar-refractivity contribution >= 4 is 34.9 Å². The fourth-order valence-corrected chi connectivity index (χ4v) is 6.07. The molecule has 0 saturated heterocycles. The minimum atomic E-state index is -2.58. The fraction of sp³-hybridized carbons (Fsp3) is 0.303. The lowest BCUT2D eigenvalue weighted by molar-refractivity contribution is 0.0696. The van der Waals surface area contributed by atoms with E-state index in [4.69, 9.17) is 4.74 Å². The number of amides is 2. The Balaban J connectivity index is 1.18. The van der Waals surface area contributed by atoms with Gasteiger partial charge in [0.2, 0.25) is 5.95 Å². The van der Waals surface area contributed by atoms with Crippen LogP contribution in [0.25, 0.3) is 16.9 Å². The summed E-state index contributed by atoms with van der Waals surface area (Å²) in [5.74, 6) is 0.417. The van der Waals surface area contributed by atoms with Crippen LogP contribution in [-0.2, 0) is 12.0 Å². The van der Waals surface area contributed by atoms with E-state index in [-0.39, 0.29) is 29.0 Å². The standard InChI is InChI=1S/C33H32F2N10O3/c1-43(2)31(47)24-6-4-5-20(39-24)17-44-18-33(10-11-33)22-15-19(7-8-21(22)30(44)46)26-27(48-3)23(9-12-36-26)40-28-29-37-13-14-45(29)42-32(41-28)38-16-25(34)35/h4-9,12-15,25H,10-11,16-18H2,1-3H3,(H2,36,38,40,41,42). The third-order valence-corrected chi connectivity index (χ3v) is 8.54. The van der Waals surface area contributed by atoms with Crippen molar-refractivity contribution in [2.45, 2.75) is 31.2 Å². The van der Waals surface area contributed by atoms with Gasteiger partial charge in [0.25, 0.3) is 18.2 Å². The third kappa shape index (κ3) is 5.71. The predicted molar refractivity (Wildman–Crippen MR) is 173 cm³/mol. The number of methoxy groups -OCH3 is 1. The number of hydrogen-bond donors (Lipinski definition) is 2.